The van der Waals surface area contributed by atoms with Gasteiger partial charge in [0.2, 0.25) is 5.89 Å². The predicted octanol–water partition coefficient (Wildman–Crippen LogP) is 3.85. The van der Waals surface area contributed by atoms with E-state index in [1.807, 2.05) is 30.5 Å². The molecule has 1 heterocycles. The maximum atomic E-state index is 12.3. The van der Waals surface area contributed by atoms with Gasteiger partial charge in [-0.25, -0.2) is 0 Å². The molecule has 1 amide bonds. The van der Waals surface area contributed by atoms with Gasteiger partial charge in [-0.05, 0) is 36.9 Å². The number of hydrogen-bond acceptors (Lipinski definition) is 7. The third-order valence-electron chi connectivity index (χ3n) is 3.87. The summed E-state index contributed by atoms with van der Waals surface area (Å²) in [4.78, 5) is 23.9. The maximum absolute atomic E-state index is 12.3. The van der Waals surface area contributed by atoms with Gasteiger partial charge in [0.25, 0.3) is 11.6 Å². The van der Waals surface area contributed by atoms with Gasteiger partial charge in [-0.15, -0.1) is 16.9 Å². The molecule has 0 aliphatic rings. The van der Waals surface area contributed by atoms with Crippen LogP contribution in [0.3, 0.4) is 0 Å². The normalized spacial score (nSPS) is 10.6. The highest BCUT2D eigenvalue weighted by Gasteiger charge is 2.17. The number of nitrogens with zero attached hydrogens (tertiary/aromatic N) is 3. The number of anilines is 1. The second-order valence-corrected chi connectivity index (χ2v) is 6.62. The number of carbonyl (C=O) groups excluding carboxylic acids is 1. The molecule has 27 heavy (non-hydrogen) atoms. The standard InChI is InChI=1S/C18H16N4O4S/c1-11-3-6-13(10-15(11)22(24)25)17(23)19-18-21-20-16(26-18)9-12-4-7-14(27-2)8-5-12/h3-8,10H,9H2,1-2H3,(H,19,21,23). The largest absolute Gasteiger partial charge is 0.407 e. The second kappa shape index (κ2) is 8.00. The molecule has 0 aliphatic carbocycles. The Labute approximate surface area is 159 Å². The molecule has 0 unspecified atom stereocenters. The van der Waals surface area contributed by atoms with E-state index in [1.54, 1.807) is 18.7 Å². The van der Waals surface area contributed by atoms with Crippen LogP contribution in [0.1, 0.15) is 27.4 Å². The van der Waals surface area contributed by atoms with Gasteiger partial charge in [0.1, 0.15) is 0 Å². The highest BCUT2D eigenvalue weighted by Crippen LogP contribution is 2.21. The Hall–Kier alpha value is -3.20. The van der Waals surface area contributed by atoms with Crippen LogP contribution < -0.4 is 5.32 Å². The summed E-state index contributed by atoms with van der Waals surface area (Å²) in [5, 5.41) is 21.2. The van der Waals surface area contributed by atoms with Crippen LogP contribution in [0, 0.1) is 17.0 Å². The number of aromatic nitrogens is 2. The van der Waals surface area contributed by atoms with E-state index in [-0.39, 0.29) is 17.3 Å². The van der Waals surface area contributed by atoms with E-state index < -0.39 is 10.8 Å². The van der Waals surface area contributed by atoms with E-state index >= 15 is 0 Å². The van der Waals surface area contributed by atoms with E-state index in [4.69, 9.17) is 4.42 Å². The Kier molecular flexibility index (Phi) is 5.51. The van der Waals surface area contributed by atoms with Gasteiger partial charge in [-0.3, -0.25) is 20.2 Å². The molecule has 0 bridgehead atoms. The van der Waals surface area contributed by atoms with Crippen molar-refractivity contribution < 1.29 is 14.1 Å². The van der Waals surface area contributed by atoms with Gasteiger partial charge in [0.05, 0.1) is 11.3 Å². The lowest BCUT2D eigenvalue weighted by atomic mass is 10.1. The van der Waals surface area contributed by atoms with Crippen LogP contribution in [0.15, 0.2) is 51.8 Å². The molecule has 3 rings (SSSR count). The number of hydrogen-bond donors (Lipinski definition) is 1. The molecule has 9 heteroatoms. The minimum Gasteiger partial charge on any atom is -0.407 e. The van der Waals surface area contributed by atoms with Gasteiger partial charge in [-0.1, -0.05) is 23.3 Å². The van der Waals surface area contributed by atoms with Crippen LogP contribution in [0.5, 0.6) is 0 Å². The van der Waals surface area contributed by atoms with Crippen LogP contribution in [0.2, 0.25) is 0 Å². The number of nitrogens with one attached hydrogen (secondary N) is 1. The van der Waals surface area contributed by atoms with E-state index in [9.17, 15) is 14.9 Å². The Bertz CT molecular complexity index is 985. The molecule has 138 valence electrons. The molecule has 0 aliphatic heterocycles. The van der Waals surface area contributed by atoms with Gasteiger partial charge < -0.3 is 4.42 Å². The third kappa shape index (κ3) is 4.50. The summed E-state index contributed by atoms with van der Waals surface area (Å²) >= 11 is 1.66. The fourth-order valence-corrected chi connectivity index (χ4v) is 2.82. The molecule has 1 aromatic heterocycles. The topological polar surface area (TPSA) is 111 Å². The first-order valence-electron chi connectivity index (χ1n) is 7.98. The molecule has 1 N–H and O–H groups in total. The zero-order valence-electron chi connectivity index (χ0n) is 14.6. The van der Waals surface area contributed by atoms with Crippen molar-refractivity contribution in [3.8, 4) is 0 Å². The van der Waals surface area contributed by atoms with Crippen molar-refractivity contribution in [1.29, 1.82) is 0 Å². The smallest absolute Gasteiger partial charge is 0.322 e. The second-order valence-electron chi connectivity index (χ2n) is 5.74. The van der Waals surface area contributed by atoms with E-state index in [1.165, 1.54) is 18.2 Å². The number of amides is 1. The predicted molar refractivity (Wildman–Crippen MR) is 101 cm³/mol. The quantitative estimate of drug-likeness (QED) is 0.390. The minimum atomic E-state index is -0.558. The van der Waals surface area contributed by atoms with Crippen molar-refractivity contribution in [2.24, 2.45) is 0 Å². The van der Waals surface area contributed by atoms with Crippen LogP contribution in [-0.4, -0.2) is 27.3 Å². The lowest BCUT2D eigenvalue weighted by molar-refractivity contribution is -0.385. The number of benzene rings is 2. The van der Waals surface area contributed by atoms with Crippen LogP contribution in [-0.2, 0) is 6.42 Å². The summed E-state index contributed by atoms with van der Waals surface area (Å²) in [6.07, 6.45) is 2.44. The highest BCUT2D eigenvalue weighted by atomic mass is 32.2. The summed E-state index contributed by atoms with van der Waals surface area (Å²) in [5.74, 6) is -0.199. The molecular weight excluding hydrogens is 368 g/mol. The molecule has 3 aromatic rings. The number of rotatable bonds is 6. The molecular formula is C18H16N4O4S. The zero-order chi connectivity index (χ0) is 19.4. The summed E-state index contributed by atoms with van der Waals surface area (Å²) in [5.41, 5.74) is 1.50. The van der Waals surface area contributed by atoms with Crippen molar-refractivity contribution in [3.05, 3.63) is 75.2 Å². The molecule has 0 spiro atoms. The number of nitro benzene ring substituents is 1. The first-order chi connectivity index (χ1) is 13.0. The van der Waals surface area contributed by atoms with Crippen LogP contribution in [0.4, 0.5) is 11.7 Å². The number of aryl methyl sites for hydroxylation is 1. The van der Waals surface area contributed by atoms with Gasteiger partial charge in [-0.2, -0.15) is 0 Å². The van der Waals surface area contributed by atoms with Gasteiger partial charge in [0, 0.05) is 22.1 Å². The Morgan fingerprint density at radius 2 is 1.96 bits per heavy atom. The SMILES string of the molecule is CSc1ccc(Cc2nnc(NC(=O)c3ccc(C)c([N+](=O)[O-])c3)o2)cc1. The zero-order valence-corrected chi connectivity index (χ0v) is 15.4. The van der Waals surface area contributed by atoms with Gasteiger partial charge >= 0.3 is 6.01 Å². The average Bonchev–Trinajstić information content (AvgIpc) is 3.09. The van der Waals surface area contributed by atoms with Crippen molar-refractivity contribution >= 4 is 29.4 Å². The maximum Gasteiger partial charge on any atom is 0.322 e. The van der Waals surface area contributed by atoms with Gasteiger partial charge in [0.15, 0.2) is 0 Å². The summed E-state index contributed by atoms with van der Waals surface area (Å²) in [7, 11) is 0. The minimum absolute atomic E-state index is 0.0565. The van der Waals surface area contributed by atoms with Crippen molar-refractivity contribution in [2.45, 2.75) is 18.2 Å². The average molecular weight is 384 g/mol. The molecule has 0 saturated heterocycles. The molecule has 0 fully saturated rings. The summed E-state index contributed by atoms with van der Waals surface area (Å²) in [6, 6.07) is 12.1. The molecule has 8 nitrogen and oxygen atoms in total. The Balaban J connectivity index is 1.69. The Morgan fingerprint density at radius 3 is 2.63 bits per heavy atom. The summed E-state index contributed by atoms with van der Waals surface area (Å²) in [6.45, 7) is 1.61. The fourth-order valence-electron chi connectivity index (χ4n) is 2.41. The highest BCUT2D eigenvalue weighted by molar-refractivity contribution is 7.98. The lowest BCUT2D eigenvalue weighted by Crippen LogP contribution is -2.12. The third-order valence-corrected chi connectivity index (χ3v) is 4.61. The van der Waals surface area contributed by atoms with Crippen LogP contribution >= 0.6 is 11.8 Å². The fraction of sp³-hybridized carbons (Fsp3) is 0.167. The van der Waals surface area contributed by atoms with Crippen molar-refractivity contribution in [2.75, 3.05) is 11.6 Å². The molecule has 2 aromatic carbocycles. The monoisotopic (exact) mass is 384 g/mol. The molecule has 0 radical (unpaired) electrons. The summed E-state index contributed by atoms with van der Waals surface area (Å²) < 4.78 is 5.44. The number of nitro groups is 1. The molecule has 0 saturated carbocycles. The first kappa shape index (κ1) is 18.6. The Morgan fingerprint density at radius 1 is 1.22 bits per heavy atom. The van der Waals surface area contributed by atoms with E-state index in [0.29, 0.717) is 17.9 Å². The molecule has 0 atom stereocenters. The van der Waals surface area contributed by atoms with Crippen LogP contribution in [0.25, 0.3) is 0 Å². The van der Waals surface area contributed by atoms with E-state index in [2.05, 4.69) is 15.5 Å². The van der Waals surface area contributed by atoms with Crippen molar-refractivity contribution in [3.63, 3.8) is 0 Å². The number of thioether (sulfide) groups is 1. The number of carbonyl (C=O) groups is 1. The first-order valence-corrected chi connectivity index (χ1v) is 9.20. The van der Waals surface area contributed by atoms with E-state index in [0.717, 1.165) is 10.5 Å². The van der Waals surface area contributed by atoms with Crippen molar-refractivity contribution in [1.82, 2.24) is 10.2 Å². The lowest BCUT2D eigenvalue weighted by Gasteiger charge is -2.02.